The molecule has 6 nitrogen and oxygen atoms in total. The second kappa shape index (κ2) is 6.26. The van der Waals surface area contributed by atoms with Crippen LogP contribution in [0.4, 0.5) is 0 Å². The van der Waals surface area contributed by atoms with Crippen LogP contribution in [-0.2, 0) is 11.3 Å². The monoisotopic (exact) mass is 297 g/mol. The van der Waals surface area contributed by atoms with E-state index in [-0.39, 0.29) is 11.8 Å². The van der Waals surface area contributed by atoms with Gasteiger partial charge in [-0.2, -0.15) is 5.10 Å². The second-order valence-electron chi connectivity index (χ2n) is 4.93. The first-order chi connectivity index (χ1) is 10.7. The van der Waals surface area contributed by atoms with Gasteiger partial charge in [-0.25, -0.2) is 5.43 Å². The average molecular weight is 297 g/mol. The molecule has 0 atom stereocenters. The third kappa shape index (κ3) is 3.22. The molecule has 2 aromatic rings. The summed E-state index contributed by atoms with van der Waals surface area (Å²) in [4.78, 5) is 23.1. The van der Waals surface area contributed by atoms with Crippen LogP contribution in [0, 0.1) is 0 Å². The van der Waals surface area contributed by atoms with Gasteiger partial charge >= 0.3 is 0 Å². The predicted octanol–water partition coefficient (Wildman–Crippen LogP) is 1.82. The zero-order valence-corrected chi connectivity index (χ0v) is 11.8. The average Bonchev–Trinajstić information content (AvgIpc) is 3.07. The van der Waals surface area contributed by atoms with E-state index >= 15 is 0 Å². The van der Waals surface area contributed by atoms with E-state index in [1.807, 2.05) is 12.1 Å². The maximum atomic E-state index is 12.0. The molecule has 1 aliphatic heterocycles. The molecule has 3 rings (SSSR count). The summed E-state index contributed by atoms with van der Waals surface area (Å²) in [6, 6.07) is 10.7. The minimum absolute atomic E-state index is 0.0716. The summed E-state index contributed by atoms with van der Waals surface area (Å²) >= 11 is 0. The van der Waals surface area contributed by atoms with E-state index in [0.29, 0.717) is 30.7 Å². The molecule has 2 heterocycles. The number of furan rings is 1. The van der Waals surface area contributed by atoms with Crippen molar-refractivity contribution in [3.63, 3.8) is 0 Å². The molecule has 0 spiro atoms. The van der Waals surface area contributed by atoms with Crippen LogP contribution in [0.3, 0.4) is 0 Å². The number of amides is 2. The summed E-state index contributed by atoms with van der Waals surface area (Å²) in [6.45, 7) is 0.353. The first-order valence-corrected chi connectivity index (χ1v) is 6.99. The van der Waals surface area contributed by atoms with Crippen LogP contribution >= 0.6 is 0 Å². The number of rotatable bonds is 4. The molecule has 0 saturated heterocycles. The van der Waals surface area contributed by atoms with Crippen molar-refractivity contribution in [3.8, 4) is 0 Å². The minimum atomic E-state index is -0.165. The quantitative estimate of drug-likeness (QED) is 0.903. The Bertz CT molecular complexity index is 703. The molecule has 1 aromatic carbocycles. The molecule has 2 amide bonds. The number of nitrogens with zero attached hydrogens (tertiary/aromatic N) is 1. The van der Waals surface area contributed by atoms with Crippen molar-refractivity contribution < 1.29 is 14.0 Å². The highest BCUT2D eigenvalue weighted by Crippen LogP contribution is 2.12. The number of hydrogen-bond donors (Lipinski definition) is 2. The molecule has 2 N–H and O–H groups in total. The molecule has 0 aliphatic carbocycles. The second-order valence-corrected chi connectivity index (χ2v) is 4.93. The molecule has 22 heavy (non-hydrogen) atoms. The number of benzene rings is 1. The van der Waals surface area contributed by atoms with E-state index in [2.05, 4.69) is 15.8 Å². The molecule has 0 saturated carbocycles. The molecule has 1 aliphatic rings. The summed E-state index contributed by atoms with van der Waals surface area (Å²) in [6.07, 6.45) is 2.61. The third-order valence-corrected chi connectivity index (χ3v) is 3.39. The van der Waals surface area contributed by atoms with E-state index in [9.17, 15) is 9.59 Å². The lowest BCUT2D eigenvalue weighted by molar-refractivity contribution is -0.121. The summed E-state index contributed by atoms with van der Waals surface area (Å²) < 4.78 is 5.16. The van der Waals surface area contributed by atoms with Crippen LogP contribution < -0.4 is 10.7 Å². The molecular formula is C16H15N3O3. The van der Waals surface area contributed by atoms with E-state index in [1.165, 1.54) is 0 Å². The van der Waals surface area contributed by atoms with Crippen LogP contribution in [0.5, 0.6) is 0 Å². The Kier molecular flexibility index (Phi) is 4.00. The molecule has 0 unspecified atom stereocenters. The Morgan fingerprint density at radius 2 is 2.05 bits per heavy atom. The number of hydrogen-bond acceptors (Lipinski definition) is 4. The number of carbonyl (C=O) groups excluding carboxylic acids is 2. The van der Waals surface area contributed by atoms with Crippen molar-refractivity contribution in [2.75, 3.05) is 0 Å². The number of hydrazone groups is 1. The smallest absolute Gasteiger partial charge is 0.251 e. The third-order valence-electron chi connectivity index (χ3n) is 3.39. The SMILES string of the molecule is O=C1CCC(c2ccc(C(=O)NCc3ccco3)cc2)=NN1. The number of nitrogens with one attached hydrogen (secondary N) is 2. The number of carbonyl (C=O) groups is 2. The molecule has 6 heteroatoms. The minimum Gasteiger partial charge on any atom is -0.467 e. The largest absolute Gasteiger partial charge is 0.467 e. The maximum absolute atomic E-state index is 12.0. The van der Waals surface area contributed by atoms with Crippen molar-refractivity contribution >= 4 is 17.5 Å². The normalized spacial score (nSPS) is 14.2. The van der Waals surface area contributed by atoms with Crippen LogP contribution in [0.15, 0.2) is 52.2 Å². The first-order valence-electron chi connectivity index (χ1n) is 6.99. The standard InChI is InChI=1S/C16H15N3O3/c20-15-8-7-14(18-19-15)11-3-5-12(6-4-11)16(21)17-10-13-2-1-9-22-13/h1-6,9H,7-8,10H2,(H,17,21)(H,19,20). The van der Waals surface area contributed by atoms with Crippen LogP contribution in [0.25, 0.3) is 0 Å². The van der Waals surface area contributed by atoms with Crippen molar-refractivity contribution in [1.29, 1.82) is 0 Å². The van der Waals surface area contributed by atoms with Crippen LogP contribution in [0.2, 0.25) is 0 Å². The highest BCUT2D eigenvalue weighted by Gasteiger charge is 2.14. The molecule has 0 fully saturated rings. The van der Waals surface area contributed by atoms with Gasteiger partial charge in [0, 0.05) is 18.4 Å². The highest BCUT2D eigenvalue weighted by atomic mass is 16.3. The Hall–Kier alpha value is -2.89. The Morgan fingerprint density at radius 1 is 1.23 bits per heavy atom. The van der Waals surface area contributed by atoms with Crippen molar-refractivity contribution in [1.82, 2.24) is 10.7 Å². The van der Waals surface area contributed by atoms with Gasteiger partial charge in [-0.15, -0.1) is 0 Å². The van der Waals surface area contributed by atoms with E-state index in [0.717, 1.165) is 11.3 Å². The van der Waals surface area contributed by atoms with Crippen molar-refractivity contribution in [3.05, 3.63) is 59.5 Å². The van der Waals surface area contributed by atoms with Gasteiger partial charge in [-0.3, -0.25) is 9.59 Å². The summed E-state index contributed by atoms with van der Waals surface area (Å²) in [5.41, 5.74) is 4.76. The van der Waals surface area contributed by atoms with Gasteiger partial charge in [0.1, 0.15) is 5.76 Å². The van der Waals surface area contributed by atoms with E-state index in [1.54, 1.807) is 30.5 Å². The topological polar surface area (TPSA) is 83.7 Å². The van der Waals surface area contributed by atoms with Crippen molar-refractivity contribution in [2.45, 2.75) is 19.4 Å². The summed E-state index contributed by atoms with van der Waals surface area (Å²) in [7, 11) is 0. The fourth-order valence-corrected chi connectivity index (χ4v) is 2.18. The van der Waals surface area contributed by atoms with Gasteiger partial charge in [-0.1, -0.05) is 12.1 Å². The predicted molar refractivity (Wildman–Crippen MR) is 80.2 cm³/mol. The maximum Gasteiger partial charge on any atom is 0.251 e. The van der Waals surface area contributed by atoms with Crippen LogP contribution in [-0.4, -0.2) is 17.5 Å². The lowest BCUT2D eigenvalue weighted by Crippen LogP contribution is -2.26. The fourth-order valence-electron chi connectivity index (χ4n) is 2.18. The fraction of sp³-hybridized carbons (Fsp3) is 0.188. The zero-order chi connectivity index (χ0) is 15.4. The zero-order valence-electron chi connectivity index (χ0n) is 11.8. The van der Waals surface area contributed by atoms with E-state index in [4.69, 9.17) is 4.42 Å². The Morgan fingerprint density at radius 3 is 2.68 bits per heavy atom. The van der Waals surface area contributed by atoms with Crippen LogP contribution in [0.1, 0.15) is 34.5 Å². The molecule has 0 bridgehead atoms. The van der Waals surface area contributed by atoms with Gasteiger partial charge < -0.3 is 9.73 Å². The van der Waals surface area contributed by atoms with Gasteiger partial charge in [-0.05, 0) is 29.8 Å². The Balaban J connectivity index is 1.63. The van der Waals surface area contributed by atoms with Gasteiger partial charge in [0.2, 0.25) is 5.91 Å². The molecular weight excluding hydrogens is 282 g/mol. The van der Waals surface area contributed by atoms with Crippen molar-refractivity contribution in [2.24, 2.45) is 5.10 Å². The van der Waals surface area contributed by atoms with Gasteiger partial charge in [0.05, 0.1) is 18.5 Å². The van der Waals surface area contributed by atoms with Gasteiger partial charge in [0.15, 0.2) is 0 Å². The summed E-state index contributed by atoms with van der Waals surface area (Å²) in [5.74, 6) is 0.469. The highest BCUT2D eigenvalue weighted by molar-refractivity contribution is 6.04. The molecule has 0 radical (unpaired) electrons. The summed E-state index contributed by atoms with van der Waals surface area (Å²) in [5, 5.41) is 6.82. The lowest BCUT2D eigenvalue weighted by Gasteiger charge is -2.12. The molecule has 1 aromatic heterocycles. The van der Waals surface area contributed by atoms with Gasteiger partial charge in [0.25, 0.3) is 5.91 Å². The van der Waals surface area contributed by atoms with E-state index < -0.39 is 0 Å². The Labute approximate surface area is 127 Å². The first kappa shape index (κ1) is 14.1. The molecule has 112 valence electrons. The lowest BCUT2D eigenvalue weighted by atomic mass is 10.0.